The van der Waals surface area contributed by atoms with Crippen LogP contribution in [0, 0.1) is 11.3 Å². The van der Waals surface area contributed by atoms with E-state index in [4.69, 9.17) is 42.1 Å². The molecule has 0 bridgehead atoms. The third-order valence-electron chi connectivity index (χ3n) is 4.76. The highest BCUT2D eigenvalue weighted by atomic mass is 79.9. The highest BCUT2D eigenvalue weighted by Crippen LogP contribution is 2.39. The molecule has 0 aliphatic carbocycles. The number of rotatable bonds is 8. The average Bonchev–Trinajstić information content (AvgIpc) is 2.82. The molecule has 8 heteroatoms. The normalized spacial score (nSPS) is 11.0. The van der Waals surface area contributed by atoms with E-state index in [1.54, 1.807) is 63.8 Å². The summed E-state index contributed by atoms with van der Waals surface area (Å²) in [7, 11) is 4.67. The second kappa shape index (κ2) is 11.3. The van der Waals surface area contributed by atoms with Crippen LogP contribution < -0.4 is 18.9 Å². The van der Waals surface area contributed by atoms with Crippen molar-refractivity contribution >= 4 is 50.8 Å². The second-order valence-electron chi connectivity index (χ2n) is 6.80. The maximum absolute atomic E-state index is 9.76. The van der Waals surface area contributed by atoms with E-state index in [0.29, 0.717) is 48.7 Å². The summed E-state index contributed by atoms with van der Waals surface area (Å²) in [5, 5.41) is 10.8. The van der Waals surface area contributed by atoms with E-state index >= 15 is 0 Å². The molecule has 0 spiro atoms. The van der Waals surface area contributed by atoms with E-state index in [0.717, 1.165) is 11.1 Å². The van der Waals surface area contributed by atoms with Crippen LogP contribution in [-0.2, 0) is 6.61 Å². The van der Waals surface area contributed by atoms with Crippen LogP contribution in [0.2, 0.25) is 10.0 Å². The van der Waals surface area contributed by atoms with E-state index < -0.39 is 0 Å². The van der Waals surface area contributed by atoms with Crippen LogP contribution in [-0.4, -0.2) is 21.3 Å². The molecule has 0 saturated carbocycles. The van der Waals surface area contributed by atoms with Crippen molar-refractivity contribution in [3.8, 4) is 29.1 Å². The predicted octanol–water partition coefficient (Wildman–Crippen LogP) is 7.42. The van der Waals surface area contributed by atoms with Crippen molar-refractivity contribution in [3.63, 3.8) is 0 Å². The maximum Gasteiger partial charge on any atom is 0.175 e. The third kappa shape index (κ3) is 5.94. The SMILES string of the molecule is COc1ccc(/C(C#N)=C/c2cc(Br)c(OCc3ccc(Cl)cc3Cl)c(OC)c2)cc1OC. The molecule has 0 unspecified atom stereocenters. The Labute approximate surface area is 211 Å². The Morgan fingerprint density at radius 3 is 2.30 bits per heavy atom. The smallest absolute Gasteiger partial charge is 0.175 e. The summed E-state index contributed by atoms with van der Waals surface area (Å²) in [6, 6.07) is 16.4. The van der Waals surface area contributed by atoms with E-state index in [9.17, 15) is 5.26 Å². The molecular weight excluding hydrogens is 529 g/mol. The standard InChI is InChI=1S/C25H20BrCl2NO4/c1-30-22-7-5-16(11-23(22)31-2)18(13-29)8-15-9-20(26)25(24(10-15)32-3)33-14-17-4-6-19(27)12-21(17)28/h4-12H,14H2,1-3H3/b18-8+. The van der Waals surface area contributed by atoms with Crippen LogP contribution in [0.4, 0.5) is 0 Å². The molecule has 0 fully saturated rings. The Morgan fingerprint density at radius 2 is 1.67 bits per heavy atom. The number of benzene rings is 3. The van der Waals surface area contributed by atoms with Crippen molar-refractivity contribution in [3.05, 3.63) is 79.7 Å². The molecule has 0 aliphatic rings. The van der Waals surface area contributed by atoms with E-state index in [1.165, 1.54) is 0 Å². The van der Waals surface area contributed by atoms with Gasteiger partial charge in [0.1, 0.15) is 6.61 Å². The first kappa shape index (κ1) is 24.8. The third-order valence-corrected chi connectivity index (χ3v) is 5.94. The van der Waals surface area contributed by atoms with Gasteiger partial charge in [0.05, 0.1) is 37.4 Å². The zero-order valence-corrected chi connectivity index (χ0v) is 21.2. The van der Waals surface area contributed by atoms with Gasteiger partial charge in [0.25, 0.3) is 0 Å². The molecular formula is C25H20BrCl2NO4. The van der Waals surface area contributed by atoms with Crippen LogP contribution >= 0.6 is 39.1 Å². The lowest BCUT2D eigenvalue weighted by atomic mass is 10.0. The summed E-state index contributed by atoms with van der Waals surface area (Å²) in [6.45, 7) is 0.231. The molecule has 3 rings (SSSR count). The molecule has 0 aromatic heterocycles. The van der Waals surface area contributed by atoms with Crippen molar-refractivity contribution in [1.82, 2.24) is 0 Å². The Balaban J connectivity index is 1.92. The van der Waals surface area contributed by atoms with Gasteiger partial charge in [-0.15, -0.1) is 0 Å². The number of ether oxygens (including phenoxy) is 4. The minimum atomic E-state index is 0.231. The quantitative estimate of drug-likeness (QED) is 0.216. The Hall–Kier alpha value is -2.85. The molecule has 0 radical (unpaired) electrons. The molecule has 0 saturated heterocycles. The first-order chi connectivity index (χ1) is 15.9. The number of hydrogen-bond acceptors (Lipinski definition) is 5. The van der Waals surface area contributed by atoms with Crippen LogP contribution in [0.25, 0.3) is 11.6 Å². The summed E-state index contributed by atoms with van der Waals surface area (Å²) >= 11 is 15.7. The molecule has 3 aromatic carbocycles. The molecule has 0 atom stereocenters. The van der Waals surface area contributed by atoms with Gasteiger partial charge in [-0.3, -0.25) is 0 Å². The first-order valence-corrected chi connectivity index (χ1v) is 11.2. The van der Waals surface area contributed by atoms with Crippen LogP contribution in [0.1, 0.15) is 16.7 Å². The maximum atomic E-state index is 9.76. The second-order valence-corrected chi connectivity index (χ2v) is 8.50. The van der Waals surface area contributed by atoms with E-state index in [1.807, 2.05) is 12.1 Å². The van der Waals surface area contributed by atoms with Crippen LogP contribution in [0.15, 0.2) is 53.0 Å². The van der Waals surface area contributed by atoms with Gasteiger partial charge in [0.15, 0.2) is 23.0 Å². The fourth-order valence-corrected chi connectivity index (χ4v) is 4.14. The van der Waals surface area contributed by atoms with Crippen molar-refractivity contribution in [2.45, 2.75) is 6.61 Å². The fraction of sp³-hybridized carbons (Fsp3) is 0.160. The fourth-order valence-electron chi connectivity index (χ4n) is 3.10. The lowest BCUT2D eigenvalue weighted by Crippen LogP contribution is -2.00. The average molecular weight is 549 g/mol. The zero-order valence-electron chi connectivity index (χ0n) is 18.1. The zero-order chi connectivity index (χ0) is 24.0. The highest BCUT2D eigenvalue weighted by molar-refractivity contribution is 9.10. The summed E-state index contributed by atoms with van der Waals surface area (Å²) in [5.41, 5.74) is 2.69. The lowest BCUT2D eigenvalue weighted by Gasteiger charge is -2.14. The van der Waals surface area contributed by atoms with Gasteiger partial charge in [0, 0.05) is 15.6 Å². The Kier molecular flexibility index (Phi) is 8.51. The van der Waals surface area contributed by atoms with Gasteiger partial charge in [-0.25, -0.2) is 0 Å². The van der Waals surface area contributed by atoms with Crippen LogP contribution in [0.3, 0.4) is 0 Å². The van der Waals surface area contributed by atoms with Crippen molar-refractivity contribution in [1.29, 1.82) is 5.26 Å². The summed E-state index contributed by atoms with van der Waals surface area (Å²) in [4.78, 5) is 0. The molecule has 0 amide bonds. The molecule has 0 aliphatic heterocycles. The molecule has 3 aromatic rings. The van der Waals surface area contributed by atoms with Gasteiger partial charge < -0.3 is 18.9 Å². The summed E-state index contributed by atoms with van der Waals surface area (Å²) in [6.07, 6.45) is 1.76. The van der Waals surface area contributed by atoms with Crippen molar-refractivity contribution in [2.75, 3.05) is 21.3 Å². The van der Waals surface area contributed by atoms with Gasteiger partial charge in [-0.2, -0.15) is 5.26 Å². The molecule has 33 heavy (non-hydrogen) atoms. The molecule has 170 valence electrons. The topological polar surface area (TPSA) is 60.7 Å². The van der Waals surface area contributed by atoms with Gasteiger partial charge in [-0.05, 0) is 75.6 Å². The summed E-state index contributed by atoms with van der Waals surface area (Å²) < 4.78 is 22.8. The number of methoxy groups -OCH3 is 3. The molecule has 5 nitrogen and oxygen atoms in total. The van der Waals surface area contributed by atoms with E-state index in [-0.39, 0.29) is 6.61 Å². The summed E-state index contributed by atoms with van der Waals surface area (Å²) in [5.74, 6) is 2.15. The van der Waals surface area contributed by atoms with Gasteiger partial charge >= 0.3 is 0 Å². The number of allylic oxidation sites excluding steroid dienone is 1. The number of halogens is 3. The predicted molar refractivity (Wildman–Crippen MR) is 135 cm³/mol. The minimum Gasteiger partial charge on any atom is -0.493 e. The van der Waals surface area contributed by atoms with E-state index in [2.05, 4.69) is 22.0 Å². The highest BCUT2D eigenvalue weighted by Gasteiger charge is 2.14. The number of nitrogens with zero attached hydrogens (tertiary/aromatic N) is 1. The Bertz CT molecular complexity index is 1240. The number of hydrogen-bond donors (Lipinski definition) is 0. The van der Waals surface area contributed by atoms with Crippen LogP contribution in [0.5, 0.6) is 23.0 Å². The number of nitriles is 1. The molecule has 0 heterocycles. The minimum absolute atomic E-state index is 0.231. The van der Waals surface area contributed by atoms with Gasteiger partial charge in [0.2, 0.25) is 0 Å². The van der Waals surface area contributed by atoms with Crippen molar-refractivity contribution in [2.24, 2.45) is 0 Å². The molecule has 0 N–H and O–H groups in total. The van der Waals surface area contributed by atoms with Crippen molar-refractivity contribution < 1.29 is 18.9 Å². The monoisotopic (exact) mass is 547 g/mol. The van der Waals surface area contributed by atoms with Gasteiger partial charge in [-0.1, -0.05) is 29.3 Å². The Morgan fingerprint density at radius 1 is 0.939 bits per heavy atom. The largest absolute Gasteiger partial charge is 0.493 e. The lowest BCUT2D eigenvalue weighted by molar-refractivity contribution is 0.282. The first-order valence-electron chi connectivity index (χ1n) is 9.68.